The van der Waals surface area contributed by atoms with Crippen molar-refractivity contribution in [3.05, 3.63) is 12.2 Å². The summed E-state index contributed by atoms with van der Waals surface area (Å²) in [6.45, 7) is 2.16. The highest BCUT2D eigenvalue weighted by Gasteiger charge is 2.44. The van der Waals surface area contributed by atoms with Crippen LogP contribution in [0.15, 0.2) is 12.2 Å². The predicted molar refractivity (Wildman–Crippen MR) is 97.2 cm³/mol. The molecular weight excluding hydrogens is 320 g/mol. The van der Waals surface area contributed by atoms with Gasteiger partial charge in [-0.05, 0) is 25.7 Å². The molecule has 0 amide bonds. The van der Waals surface area contributed by atoms with Crippen molar-refractivity contribution in [3.8, 4) is 0 Å². The van der Waals surface area contributed by atoms with E-state index in [2.05, 4.69) is 6.92 Å². The van der Waals surface area contributed by atoms with E-state index >= 15 is 0 Å². The summed E-state index contributed by atoms with van der Waals surface area (Å²) in [6.07, 6.45) is 10.6. The fourth-order valence-electron chi connectivity index (χ4n) is 3.67. The number of ketones is 1. The minimum Gasteiger partial charge on any atom is -0.481 e. The van der Waals surface area contributed by atoms with Gasteiger partial charge in [-0.15, -0.1) is 0 Å². The summed E-state index contributed by atoms with van der Waals surface area (Å²) in [5.41, 5.74) is 0. The van der Waals surface area contributed by atoms with Crippen LogP contribution in [0.5, 0.6) is 0 Å². The minimum absolute atomic E-state index is 0.0257. The van der Waals surface area contributed by atoms with Gasteiger partial charge in [0, 0.05) is 24.7 Å². The van der Waals surface area contributed by atoms with Crippen LogP contribution < -0.4 is 0 Å². The van der Waals surface area contributed by atoms with E-state index in [0.29, 0.717) is 25.7 Å². The quantitative estimate of drug-likeness (QED) is 0.348. The van der Waals surface area contributed by atoms with Gasteiger partial charge < -0.3 is 15.3 Å². The molecule has 4 atom stereocenters. The van der Waals surface area contributed by atoms with Gasteiger partial charge in [-0.25, -0.2) is 0 Å². The van der Waals surface area contributed by atoms with Crippen molar-refractivity contribution >= 4 is 11.8 Å². The zero-order valence-corrected chi connectivity index (χ0v) is 15.4. The van der Waals surface area contributed by atoms with Gasteiger partial charge in [-0.1, -0.05) is 51.2 Å². The molecule has 0 heterocycles. The first kappa shape index (κ1) is 21.8. The van der Waals surface area contributed by atoms with Crippen LogP contribution in [0.25, 0.3) is 0 Å². The van der Waals surface area contributed by atoms with Crippen molar-refractivity contribution in [2.45, 2.75) is 89.8 Å². The van der Waals surface area contributed by atoms with E-state index in [1.807, 2.05) is 12.2 Å². The van der Waals surface area contributed by atoms with E-state index in [-0.39, 0.29) is 30.5 Å². The van der Waals surface area contributed by atoms with Crippen molar-refractivity contribution in [2.24, 2.45) is 11.8 Å². The molecule has 0 radical (unpaired) electrons. The van der Waals surface area contributed by atoms with Crippen LogP contribution in [0.2, 0.25) is 0 Å². The lowest BCUT2D eigenvalue weighted by atomic mass is 9.84. The minimum atomic E-state index is -0.801. The first-order valence-electron chi connectivity index (χ1n) is 9.73. The molecule has 144 valence electrons. The maximum atomic E-state index is 12.1. The number of carboxylic acids is 1. The molecule has 1 rings (SSSR count). The van der Waals surface area contributed by atoms with Crippen LogP contribution in [-0.2, 0) is 9.59 Å². The molecule has 1 aliphatic rings. The number of Topliss-reactive ketones (excluding diaryl/α,β-unsaturated/α-hetero) is 1. The third-order valence-corrected chi connectivity index (χ3v) is 5.10. The molecule has 3 N–H and O–H groups in total. The van der Waals surface area contributed by atoms with E-state index in [9.17, 15) is 19.8 Å². The number of carbonyl (C=O) groups excluding carboxylic acids is 1. The normalized spacial score (nSPS) is 24.9. The number of allylic oxidation sites excluding steroid dienone is 2. The highest BCUT2D eigenvalue weighted by Crippen LogP contribution is 2.36. The molecule has 1 saturated carbocycles. The summed E-state index contributed by atoms with van der Waals surface area (Å²) in [5, 5.41) is 29.2. The van der Waals surface area contributed by atoms with Crippen molar-refractivity contribution in [3.63, 3.8) is 0 Å². The standard InChI is InChI=1S/C20H34O5/c1-2-3-4-5-9-12-16(21)20-15(17(22)14-18(20)23)11-8-6-7-10-13-19(24)25/h6,8,15-16,18,20-21,23H,2-5,7,9-14H2,1H3,(H,24,25)/b8-6-/t15-,16?,18?,20-/m0/s1. The molecule has 0 aromatic heterocycles. The number of unbranched alkanes of at least 4 members (excludes halogenated alkanes) is 5. The Hall–Kier alpha value is -1.20. The Labute approximate surface area is 151 Å². The second-order valence-corrected chi connectivity index (χ2v) is 7.18. The first-order chi connectivity index (χ1) is 12.0. The number of hydrogen-bond acceptors (Lipinski definition) is 4. The summed E-state index contributed by atoms with van der Waals surface area (Å²) < 4.78 is 0. The summed E-state index contributed by atoms with van der Waals surface area (Å²) in [6, 6.07) is 0. The molecule has 25 heavy (non-hydrogen) atoms. The van der Waals surface area contributed by atoms with Gasteiger partial charge in [-0.2, -0.15) is 0 Å². The lowest BCUT2D eigenvalue weighted by Crippen LogP contribution is -2.32. The van der Waals surface area contributed by atoms with E-state index in [1.54, 1.807) is 0 Å². The molecule has 1 aliphatic carbocycles. The molecular formula is C20H34O5. The Morgan fingerprint density at radius 1 is 1.20 bits per heavy atom. The largest absolute Gasteiger partial charge is 0.481 e. The van der Waals surface area contributed by atoms with Crippen molar-refractivity contribution in [1.29, 1.82) is 0 Å². The molecule has 0 aromatic rings. The maximum absolute atomic E-state index is 12.1. The number of carbonyl (C=O) groups is 2. The first-order valence-corrected chi connectivity index (χ1v) is 9.73. The zero-order valence-electron chi connectivity index (χ0n) is 15.4. The SMILES string of the molecule is CCCCCCCC(O)[C@H]1C(O)CC(=O)[C@@H]1C/C=C\CCCC(=O)O. The van der Waals surface area contributed by atoms with Crippen molar-refractivity contribution in [2.75, 3.05) is 0 Å². The van der Waals surface area contributed by atoms with Crippen LogP contribution in [0.3, 0.4) is 0 Å². The molecule has 1 fully saturated rings. The molecule has 0 aromatic carbocycles. The van der Waals surface area contributed by atoms with Gasteiger partial charge in [0.05, 0.1) is 12.2 Å². The lowest BCUT2D eigenvalue weighted by molar-refractivity contribution is -0.137. The van der Waals surface area contributed by atoms with Crippen molar-refractivity contribution in [1.82, 2.24) is 0 Å². The van der Waals surface area contributed by atoms with Gasteiger partial charge in [0.1, 0.15) is 5.78 Å². The van der Waals surface area contributed by atoms with Crippen LogP contribution in [0.1, 0.15) is 77.6 Å². The zero-order chi connectivity index (χ0) is 18.7. The van der Waals surface area contributed by atoms with Crippen LogP contribution in [-0.4, -0.2) is 39.3 Å². The van der Waals surface area contributed by atoms with E-state index in [1.165, 1.54) is 12.8 Å². The van der Waals surface area contributed by atoms with E-state index in [0.717, 1.165) is 19.3 Å². The Bertz CT molecular complexity index is 432. The second kappa shape index (κ2) is 12.2. The fraction of sp³-hybridized carbons (Fsp3) is 0.800. The Morgan fingerprint density at radius 2 is 1.92 bits per heavy atom. The van der Waals surface area contributed by atoms with Crippen LogP contribution in [0, 0.1) is 11.8 Å². The summed E-state index contributed by atoms with van der Waals surface area (Å²) in [4.78, 5) is 22.6. The fourth-order valence-corrected chi connectivity index (χ4v) is 3.67. The van der Waals surface area contributed by atoms with Gasteiger partial charge >= 0.3 is 5.97 Å². The Kier molecular flexibility index (Phi) is 10.7. The van der Waals surface area contributed by atoms with Crippen molar-refractivity contribution < 1.29 is 24.9 Å². The monoisotopic (exact) mass is 354 g/mol. The molecule has 2 unspecified atom stereocenters. The number of carboxylic acid groups (broad SMARTS) is 1. The topological polar surface area (TPSA) is 94.8 Å². The Balaban J connectivity index is 2.42. The lowest BCUT2D eigenvalue weighted by Gasteiger charge is -2.25. The molecule has 5 heteroatoms. The van der Waals surface area contributed by atoms with Gasteiger partial charge in [-0.3, -0.25) is 9.59 Å². The van der Waals surface area contributed by atoms with Gasteiger partial charge in [0.2, 0.25) is 0 Å². The predicted octanol–water partition coefficient (Wildman–Crippen LogP) is 3.48. The summed E-state index contributed by atoms with van der Waals surface area (Å²) >= 11 is 0. The summed E-state index contributed by atoms with van der Waals surface area (Å²) in [7, 11) is 0. The summed E-state index contributed by atoms with van der Waals surface area (Å²) in [5.74, 6) is -1.47. The average molecular weight is 354 g/mol. The third kappa shape index (κ3) is 8.15. The molecule has 0 saturated heterocycles. The Morgan fingerprint density at radius 3 is 2.60 bits per heavy atom. The van der Waals surface area contributed by atoms with E-state index < -0.39 is 18.2 Å². The van der Waals surface area contributed by atoms with Gasteiger partial charge in [0.25, 0.3) is 0 Å². The highest BCUT2D eigenvalue weighted by atomic mass is 16.4. The molecule has 0 aliphatic heterocycles. The average Bonchev–Trinajstić information content (AvgIpc) is 2.83. The third-order valence-electron chi connectivity index (χ3n) is 5.10. The van der Waals surface area contributed by atoms with Crippen LogP contribution in [0.4, 0.5) is 0 Å². The molecule has 0 bridgehead atoms. The number of aliphatic hydroxyl groups excluding tert-OH is 2. The molecule has 0 spiro atoms. The smallest absolute Gasteiger partial charge is 0.303 e. The van der Waals surface area contributed by atoms with E-state index in [4.69, 9.17) is 5.11 Å². The molecule has 5 nitrogen and oxygen atoms in total. The number of aliphatic carboxylic acids is 1. The highest BCUT2D eigenvalue weighted by molar-refractivity contribution is 5.84. The second-order valence-electron chi connectivity index (χ2n) is 7.18. The van der Waals surface area contributed by atoms with Gasteiger partial charge in [0.15, 0.2) is 0 Å². The van der Waals surface area contributed by atoms with Crippen LogP contribution >= 0.6 is 0 Å². The number of hydrogen-bond donors (Lipinski definition) is 3. The maximum Gasteiger partial charge on any atom is 0.303 e. The number of aliphatic hydroxyl groups is 2. The number of rotatable bonds is 13.